The maximum atomic E-state index is 13.6. The van der Waals surface area contributed by atoms with E-state index in [-0.39, 0.29) is 23.7 Å². The van der Waals surface area contributed by atoms with E-state index in [1.165, 1.54) is 0 Å². The first kappa shape index (κ1) is 22.9. The van der Waals surface area contributed by atoms with Crippen molar-refractivity contribution in [2.24, 2.45) is 5.92 Å². The van der Waals surface area contributed by atoms with Gasteiger partial charge in [0.2, 0.25) is 5.91 Å². The molecule has 2 atom stereocenters. The molecular weight excluding hydrogens is 436 g/mol. The molecule has 2 amide bonds. The molecule has 4 rings (SSSR count). The van der Waals surface area contributed by atoms with Crippen molar-refractivity contribution >= 4 is 23.4 Å². The summed E-state index contributed by atoms with van der Waals surface area (Å²) < 4.78 is 5.40. The van der Waals surface area contributed by atoms with Gasteiger partial charge in [-0.25, -0.2) is 0 Å². The van der Waals surface area contributed by atoms with E-state index in [0.29, 0.717) is 30.2 Å². The highest BCUT2D eigenvalue weighted by molar-refractivity contribution is 6.30. The predicted molar refractivity (Wildman–Crippen MR) is 129 cm³/mol. The minimum absolute atomic E-state index is 0.0214. The van der Waals surface area contributed by atoms with Crippen molar-refractivity contribution in [2.75, 3.05) is 27.2 Å². The highest BCUT2D eigenvalue weighted by Crippen LogP contribution is 2.36. The Morgan fingerprint density at radius 3 is 2.48 bits per heavy atom. The molecule has 1 heterocycles. The largest absolute Gasteiger partial charge is 0.497 e. The van der Waals surface area contributed by atoms with Crippen LogP contribution in [0.15, 0.2) is 78.9 Å². The number of amides is 2. The minimum Gasteiger partial charge on any atom is -0.497 e. The fourth-order valence-electron chi connectivity index (χ4n) is 4.45. The molecule has 1 aliphatic heterocycles. The lowest BCUT2D eigenvalue weighted by Crippen LogP contribution is -2.36. The molecule has 0 N–H and O–H groups in total. The Kier molecular flexibility index (Phi) is 6.99. The predicted octanol–water partition coefficient (Wildman–Crippen LogP) is 4.86. The van der Waals surface area contributed by atoms with Gasteiger partial charge in [0.05, 0.1) is 13.0 Å². The molecule has 1 fully saturated rings. The Morgan fingerprint density at radius 1 is 1.00 bits per heavy atom. The van der Waals surface area contributed by atoms with E-state index in [2.05, 4.69) is 0 Å². The number of hydrogen-bond acceptors (Lipinski definition) is 3. The lowest BCUT2D eigenvalue weighted by atomic mass is 9.88. The summed E-state index contributed by atoms with van der Waals surface area (Å²) in [5.74, 6) is 0.151. The Hall–Kier alpha value is -3.31. The van der Waals surface area contributed by atoms with Gasteiger partial charge in [0.1, 0.15) is 5.75 Å². The number of nitrogens with zero attached hydrogens (tertiary/aromatic N) is 2. The summed E-state index contributed by atoms with van der Waals surface area (Å²) >= 11 is 6.11. The second-order valence-corrected chi connectivity index (χ2v) is 8.83. The summed E-state index contributed by atoms with van der Waals surface area (Å²) in [7, 11) is 3.44. The van der Waals surface area contributed by atoms with E-state index >= 15 is 0 Å². The molecule has 33 heavy (non-hydrogen) atoms. The maximum Gasteiger partial charge on any atom is 0.253 e. The third-order valence-electron chi connectivity index (χ3n) is 6.16. The number of carbonyl (C=O) groups is 2. The van der Waals surface area contributed by atoms with Crippen LogP contribution in [0.5, 0.6) is 5.75 Å². The molecule has 0 unspecified atom stereocenters. The molecule has 1 saturated heterocycles. The average molecular weight is 463 g/mol. The van der Waals surface area contributed by atoms with Gasteiger partial charge in [0.25, 0.3) is 5.91 Å². The van der Waals surface area contributed by atoms with Crippen LogP contribution in [0, 0.1) is 5.92 Å². The van der Waals surface area contributed by atoms with Crippen molar-refractivity contribution in [2.45, 2.75) is 12.5 Å². The summed E-state index contributed by atoms with van der Waals surface area (Å²) in [4.78, 5) is 30.3. The van der Waals surface area contributed by atoms with Crippen molar-refractivity contribution in [3.8, 4) is 5.75 Å². The highest BCUT2D eigenvalue weighted by Gasteiger charge is 2.41. The Balaban J connectivity index is 1.61. The molecule has 0 bridgehead atoms. The Morgan fingerprint density at radius 2 is 1.76 bits per heavy atom. The summed E-state index contributed by atoms with van der Waals surface area (Å²) in [5, 5.41) is 0.514. The topological polar surface area (TPSA) is 49.9 Å². The summed E-state index contributed by atoms with van der Waals surface area (Å²) in [6.45, 7) is 1.32. The number of methoxy groups -OCH3 is 1. The minimum atomic E-state index is -0.353. The smallest absolute Gasteiger partial charge is 0.253 e. The lowest BCUT2D eigenvalue weighted by Gasteiger charge is -2.25. The normalized spacial score (nSPS) is 17.6. The second kappa shape index (κ2) is 10.1. The SMILES string of the molecule is COc1cccc([C@H]2CN(C(=O)c3cccc(Cl)c3)C[C@@H]2C(=O)N(C)Cc2ccccc2)c1. The van der Waals surface area contributed by atoms with E-state index in [1.54, 1.807) is 41.2 Å². The third-order valence-corrected chi connectivity index (χ3v) is 6.39. The number of ether oxygens (including phenoxy) is 1. The van der Waals surface area contributed by atoms with E-state index < -0.39 is 0 Å². The lowest BCUT2D eigenvalue weighted by molar-refractivity contribution is -0.134. The summed E-state index contributed by atoms with van der Waals surface area (Å²) in [6.07, 6.45) is 0. The van der Waals surface area contributed by atoms with Crippen LogP contribution in [0.2, 0.25) is 5.02 Å². The zero-order chi connectivity index (χ0) is 23.4. The van der Waals surface area contributed by atoms with E-state index in [9.17, 15) is 9.59 Å². The average Bonchev–Trinajstić information content (AvgIpc) is 3.29. The molecule has 6 heteroatoms. The van der Waals surface area contributed by atoms with E-state index in [4.69, 9.17) is 16.3 Å². The second-order valence-electron chi connectivity index (χ2n) is 8.39. The molecule has 0 radical (unpaired) electrons. The fraction of sp³-hybridized carbons (Fsp3) is 0.259. The first-order valence-electron chi connectivity index (χ1n) is 10.9. The summed E-state index contributed by atoms with van der Waals surface area (Å²) in [6, 6.07) is 24.6. The number of rotatable bonds is 6. The van der Waals surface area contributed by atoms with Crippen LogP contribution in [0.4, 0.5) is 0 Å². The quantitative estimate of drug-likeness (QED) is 0.525. The maximum absolute atomic E-state index is 13.6. The van der Waals surface area contributed by atoms with Gasteiger partial charge in [-0.05, 0) is 41.5 Å². The monoisotopic (exact) mass is 462 g/mol. The highest BCUT2D eigenvalue weighted by atomic mass is 35.5. The molecule has 3 aromatic carbocycles. The zero-order valence-corrected chi connectivity index (χ0v) is 19.5. The van der Waals surface area contributed by atoms with E-state index in [0.717, 1.165) is 16.9 Å². The molecular formula is C27H27ClN2O3. The van der Waals surface area contributed by atoms with Crippen molar-refractivity contribution in [1.29, 1.82) is 0 Å². The number of hydrogen-bond donors (Lipinski definition) is 0. The van der Waals surface area contributed by atoms with Crippen LogP contribution < -0.4 is 4.74 Å². The molecule has 5 nitrogen and oxygen atoms in total. The van der Waals surface area contributed by atoms with Crippen LogP contribution in [-0.2, 0) is 11.3 Å². The fourth-order valence-corrected chi connectivity index (χ4v) is 4.64. The van der Waals surface area contributed by atoms with Crippen molar-refractivity contribution < 1.29 is 14.3 Å². The zero-order valence-electron chi connectivity index (χ0n) is 18.8. The van der Waals surface area contributed by atoms with Gasteiger partial charge in [-0.2, -0.15) is 0 Å². The van der Waals surface area contributed by atoms with Crippen molar-refractivity contribution in [3.63, 3.8) is 0 Å². The van der Waals surface area contributed by atoms with Crippen molar-refractivity contribution in [3.05, 3.63) is 101 Å². The number of benzene rings is 3. The molecule has 0 saturated carbocycles. The molecule has 1 aliphatic rings. The van der Waals surface area contributed by atoms with Gasteiger partial charge in [-0.3, -0.25) is 9.59 Å². The first-order valence-corrected chi connectivity index (χ1v) is 11.3. The van der Waals surface area contributed by atoms with Gasteiger partial charge in [0.15, 0.2) is 0 Å². The van der Waals surface area contributed by atoms with Gasteiger partial charge in [-0.15, -0.1) is 0 Å². The molecule has 0 spiro atoms. The molecule has 3 aromatic rings. The van der Waals surface area contributed by atoms with Crippen LogP contribution in [0.1, 0.15) is 27.4 Å². The Labute approximate surface area is 199 Å². The van der Waals surface area contributed by atoms with Gasteiger partial charge < -0.3 is 14.5 Å². The summed E-state index contributed by atoms with van der Waals surface area (Å²) in [5.41, 5.74) is 2.58. The van der Waals surface area contributed by atoms with Crippen LogP contribution in [-0.4, -0.2) is 48.9 Å². The van der Waals surface area contributed by atoms with Gasteiger partial charge in [-0.1, -0.05) is 60.1 Å². The van der Waals surface area contributed by atoms with E-state index in [1.807, 2.05) is 61.6 Å². The van der Waals surface area contributed by atoms with Crippen LogP contribution >= 0.6 is 11.6 Å². The molecule has 0 aliphatic carbocycles. The molecule has 0 aromatic heterocycles. The third kappa shape index (κ3) is 5.20. The number of likely N-dealkylation sites (tertiary alicyclic amines) is 1. The van der Waals surface area contributed by atoms with Gasteiger partial charge >= 0.3 is 0 Å². The number of carbonyl (C=O) groups excluding carboxylic acids is 2. The first-order chi connectivity index (χ1) is 16.0. The molecule has 170 valence electrons. The van der Waals surface area contributed by atoms with Gasteiger partial charge in [0, 0.05) is 43.2 Å². The van der Waals surface area contributed by atoms with Crippen LogP contribution in [0.25, 0.3) is 0 Å². The van der Waals surface area contributed by atoms with Crippen molar-refractivity contribution in [1.82, 2.24) is 9.80 Å². The Bertz CT molecular complexity index is 1130. The number of halogens is 1. The standard InChI is InChI=1S/C27H27ClN2O3/c1-29(16-19-8-4-3-5-9-19)27(32)25-18-30(26(31)21-11-6-12-22(28)14-21)17-24(25)20-10-7-13-23(15-20)33-2/h3-15,24-25H,16-18H2,1-2H3/t24-,25+/m1/s1. The van der Waals surface area contributed by atoms with Crippen LogP contribution in [0.3, 0.4) is 0 Å².